The lowest BCUT2D eigenvalue weighted by Gasteiger charge is -2.42. The van der Waals surface area contributed by atoms with E-state index in [9.17, 15) is 13.2 Å². The maximum Gasteiger partial charge on any atom is 0.409 e. The van der Waals surface area contributed by atoms with E-state index in [4.69, 9.17) is 5.73 Å². The summed E-state index contributed by atoms with van der Waals surface area (Å²) in [4.78, 5) is 1.43. The van der Waals surface area contributed by atoms with Crippen LogP contribution in [0.1, 0.15) is 18.9 Å². The van der Waals surface area contributed by atoms with Crippen molar-refractivity contribution in [3.8, 4) is 0 Å². The highest BCUT2D eigenvalue weighted by Gasteiger charge is 2.45. The van der Waals surface area contributed by atoms with Gasteiger partial charge in [-0.1, -0.05) is 18.2 Å². The van der Waals surface area contributed by atoms with Crippen molar-refractivity contribution in [1.29, 1.82) is 0 Å². The number of benzene rings is 1. The molecule has 2 unspecified atom stereocenters. The van der Waals surface area contributed by atoms with E-state index in [0.717, 1.165) is 18.4 Å². The minimum absolute atomic E-state index is 0.143. The van der Waals surface area contributed by atoms with E-state index in [1.165, 1.54) is 4.90 Å². The highest BCUT2D eigenvalue weighted by Crippen LogP contribution is 2.36. The highest BCUT2D eigenvalue weighted by atomic mass is 19.4. The van der Waals surface area contributed by atoms with Crippen LogP contribution in [0.2, 0.25) is 0 Å². The molecule has 0 aliphatic carbocycles. The second-order valence-electron chi connectivity index (χ2n) is 4.72. The van der Waals surface area contributed by atoms with Gasteiger partial charge < -0.3 is 10.6 Å². The van der Waals surface area contributed by atoms with Crippen LogP contribution in [0.3, 0.4) is 0 Å². The minimum atomic E-state index is -4.30. The Bertz CT molecular complexity index is 417. The molecule has 100 valence electrons. The smallest absolute Gasteiger partial charge is 0.356 e. The molecule has 1 aromatic carbocycles. The van der Waals surface area contributed by atoms with Crippen LogP contribution in [-0.4, -0.2) is 24.8 Å². The molecule has 0 spiro atoms. The zero-order valence-corrected chi connectivity index (χ0v) is 10.2. The fourth-order valence-electron chi connectivity index (χ4n) is 2.60. The fraction of sp³-hybridized carbons (Fsp3) is 0.538. The fourth-order valence-corrected chi connectivity index (χ4v) is 2.60. The second kappa shape index (κ2) is 4.80. The average molecular weight is 258 g/mol. The van der Waals surface area contributed by atoms with Gasteiger partial charge in [-0.15, -0.1) is 0 Å². The first-order valence-corrected chi connectivity index (χ1v) is 6.08. The average Bonchev–Trinajstić information content (AvgIpc) is 2.31. The number of hydrogen-bond acceptors (Lipinski definition) is 2. The quantitative estimate of drug-likeness (QED) is 0.883. The molecule has 1 aromatic rings. The van der Waals surface area contributed by atoms with Gasteiger partial charge in [0.05, 0.1) is 0 Å². The van der Waals surface area contributed by atoms with Gasteiger partial charge in [0.2, 0.25) is 0 Å². The zero-order valence-electron chi connectivity index (χ0n) is 10.2. The summed E-state index contributed by atoms with van der Waals surface area (Å²) in [5.74, 6) is 0. The van der Waals surface area contributed by atoms with E-state index < -0.39 is 18.8 Å². The third-order valence-corrected chi connectivity index (χ3v) is 3.51. The lowest BCUT2D eigenvalue weighted by Crippen LogP contribution is -2.55. The van der Waals surface area contributed by atoms with Gasteiger partial charge in [0.15, 0.2) is 0 Å². The Hall–Kier alpha value is -1.23. The third kappa shape index (κ3) is 2.32. The van der Waals surface area contributed by atoms with Gasteiger partial charge >= 0.3 is 6.18 Å². The number of nitrogens with two attached hydrogens (primary N) is 1. The van der Waals surface area contributed by atoms with Crippen molar-refractivity contribution in [3.05, 3.63) is 29.8 Å². The number of alkyl halides is 3. The van der Waals surface area contributed by atoms with Crippen molar-refractivity contribution in [3.63, 3.8) is 0 Å². The number of halogens is 3. The van der Waals surface area contributed by atoms with Gasteiger partial charge in [0.1, 0.15) is 6.04 Å². The molecular weight excluding hydrogens is 241 g/mol. The Morgan fingerprint density at radius 2 is 2.06 bits per heavy atom. The topological polar surface area (TPSA) is 29.3 Å². The molecule has 0 aromatic heterocycles. The normalized spacial score (nSPS) is 21.6. The lowest BCUT2D eigenvalue weighted by molar-refractivity contribution is -0.147. The van der Waals surface area contributed by atoms with Crippen LogP contribution in [0.5, 0.6) is 0 Å². The second-order valence-corrected chi connectivity index (χ2v) is 4.72. The Labute approximate surface area is 105 Å². The summed E-state index contributed by atoms with van der Waals surface area (Å²) >= 11 is 0. The van der Waals surface area contributed by atoms with Crippen molar-refractivity contribution >= 4 is 5.69 Å². The van der Waals surface area contributed by atoms with E-state index in [0.29, 0.717) is 5.69 Å². The summed E-state index contributed by atoms with van der Waals surface area (Å²) in [5.41, 5.74) is 6.99. The number of hydrogen-bond donors (Lipinski definition) is 1. The van der Waals surface area contributed by atoms with Crippen molar-refractivity contribution < 1.29 is 13.2 Å². The van der Waals surface area contributed by atoms with Gasteiger partial charge in [-0.05, 0) is 31.4 Å². The van der Waals surface area contributed by atoms with Crippen LogP contribution in [-0.2, 0) is 6.42 Å². The van der Waals surface area contributed by atoms with Crippen LogP contribution < -0.4 is 10.6 Å². The molecule has 1 heterocycles. The van der Waals surface area contributed by atoms with Gasteiger partial charge in [0.25, 0.3) is 0 Å². The summed E-state index contributed by atoms with van der Waals surface area (Å²) in [6.07, 6.45) is -2.75. The van der Waals surface area contributed by atoms with Gasteiger partial charge in [0, 0.05) is 18.3 Å². The first-order valence-electron chi connectivity index (χ1n) is 6.08. The minimum Gasteiger partial charge on any atom is -0.356 e. The molecule has 2 nitrogen and oxygen atoms in total. The van der Waals surface area contributed by atoms with Crippen molar-refractivity contribution in [2.45, 2.75) is 38.0 Å². The first-order chi connectivity index (χ1) is 8.45. The predicted octanol–water partition coefficient (Wildman–Crippen LogP) is 2.72. The Kier molecular flexibility index (Phi) is 3.52. The number of fused-ring (bicyclic) bond motifs is 1. The maximum atomic E-state index is 13.1. The maximum absolute atomic E-state index is 13.1. The van der Waals surface area contributed by atoms with Crippen LogP contribution in [0.15, 0.2) is 24.3 Å². The number of para-hydroxylation sites is 1. The molecular formula is C13H17F3N2. The number of aryl methyl sites for hydroxylation is 1. The summed E-state index contributed by atoms with van der Waals surface area (Å²) in [5, 5.41) is 0. The Morgan fingerprint density at radius 1 is 1.39 bits per heavy atom. The molecule has 5 heteroatoms. The van der Waals surface area contributed by atoms with Gasteiger partial charge in [-0.3, -0.25) is 0 Å². The van der Waals surface area contributed by atoms with E-state index in [1.54, 1.807) is 12.1 Å². The molecule has 0 saturated heterocycles. The molecule has 1 aliphatic rings. The van der Waals surface area contributed by atoms with E-state index in [2.05, 4.69) is 0 Å². The molecule has 2 rings (SSSR count). The van der Waals surface area contributed by atoms with Crippen LogP contribution >= 0.6 is 0 Å². The molecule has 2 N–H and O–H groups in total. The monoisotopic (exact) mass is 258 g/mol. The molecule has 0 bridgehead atoms. The summed E-state index contributed by atoms with van der Waals surface area (Å²) in [7, 11) is 0. The van der Waals surface area contributed by atoms with Crippen molar-refractivity contribution in [2.24, 2.45) is 5.73 Å². The molecule has 0 saturated carbocycles. The highest BCUT2D eigenvalue weighted by molar-refractivity contribution is 5.57. The molecule has 0 fully saturated rings. The molecule has 0 amide bonds. The third-order valence-electron chi connectivity index (χ3n) is 3.51. The van der Waals surface area contributed by atoms with Gasteiger partial charge in [-0.2, -0.15) is 13.2 Å². The Morgan fingerprint density at radius 3 is 2.67 bits per heavy atom. The van der Waals surface area contributed by atoms with Crippen LogP contribution in [0, 0.1) is 0 Å². The molecule has 18 heavy (non-hydrogen) atoms. The Balaban J connectivity index is 2.42. The first kappa shape index (κ1) is 13.2. The summed E-state index contributed by atoms with van der Waals surface area (Å²) in [6.45, 7) is 1.41. The van der Waals surface area contributed by atoms with Crippen molar-refractivity contribution in [2.75, 3.05) is 11.4 Å². The standard InChI is InChI=1S/C13H17F3N2/c1-9-6-7-10-4-2-3-5-11(10)18(9)12(8-17)13(14,15)16/h2-5,9,12H,6-8,17H2,1H3. The van der Waals surface area contributed by atoms with Crippen LogP contribution in [0.25, 0.3) is 0 Å². The number of anilines is 1. The molecule has 0 radical (unpaired) electrons. The van der Waals surface area contributed by atoms with E-state index in [-0.39, 0.29) is 6.04 Å². The van der Waals surface area contributed by atoms with E-state index >= 15 is 0 Å². The number of rotatable bonds is 2. The predicted molar refractivity (Wildman–Crippen MR) is 65.6 cm³/mol. The van der Waals surface area contributed by atoms with Crippen molar-refractivity contribution in [1.82, 2.24) is 0 Å². The molecule has 1 aliphatic heterocycles. The summed E-state index contributed by atoms with van der Waals surface area (Å²) < 4.78 is 39.2. The summed E-state index contributed by atoms with van der Waals surface area (Å²) in [6, 6.07) is 5.52. The van der Waals surface area contributed by atoms with Gasteiger partial charge in [-0.25, -0.2) is 0 Å². The molecule has 2 atom stereocenters. The zero-order chi connectivity index (χ0) is 13.3. The lowest BCUT2D eigenvalue weighted by atomic mass is 9.94. The number of nitrogens with zero attached hydrogens (tertiary/aromatic N) is 1. The van der Waals surface area contributed by atoms with Crippen LogP contribution in [0.4, 0.5) is 18.9 Å². The SMILES string of the molecule is CC1CCc2ccccc2N1C(CN)C(F)(F)F. The largest absolute Gasteiger partial charge is 0.409 e. The van der Waals surface area contributed by atoms with E-state index in [1.807, 2.05) is 19.1 Å².